The van der Waals surface area contributed by atoms with Gasteiger partial charge < -0.3 is 20.8 Å². The van der Waals surface area contributed by atoms with Crippen LogP contribution in [0.3, 0.4) is 0 Å². The molecular formula is C14H21N3O4. The molecule has 7 nitrogen and oxygen atoms in total. The smallest absolute Gasteiger partial charge is 0.335 e. The molecule has 0 fully saturated rings. The quantitative estimate of drug-likeness (QED) is 0.523. The number of aromatic carboxylic acids is 1. The number of carboxylic acid groups (broad SMARTS) is 1. The second-order valence-corrected chi connectivity index (χ2v) is 4.42. The highest BCUT2D eigenvalue weighted by atomic mass is 16.4. The third-order valence-electron chi connectivity index (χ3n) is 2.87. The molecule has 21 heavy (non-hydrogen) atoms. The van der Waals surface area contributed by atoms with Crippen molar-refractivity contribution in [2.75, 3.05) is 38.2 Å². The van der Waals surface area contributed by atoms with Crippen LogP contribution in [0.25, 0.3) is 0 Å². The van der Waals surface area contributed by atoms with E-state index < -0.39 is 5.97 Å². The molecule has 0 aliphatic carbocycles. The predicted molar refractivity (Wildman–Crippen MR) is 79.8 cm³/mol. The monoisotopic (exact) mass is 295 g/mol. The summed E-state index contributed by atoms with van der Waals surface area (Å²) in [5.74, 6) is -1.02. The molecule has 0 aromatic heterocycles. The zero-order valence-corrected chi connectivity index (χ0v) is 12.0. The number of hydrogen-bond acceptors (Lipinski definition) is 4. The first-order valence-corrected chi connectivity index (χ1v) is 6.74. The van der Waals surface area contributed by atoms with Crippen molar-refractivity contribution in [3.63, 3.8) is 0 Å². The summed E-state index contributed by atoms with van der Waals surface area (Å²) in [6, 6.07) is 5.63. The van der Waals surface area contributed by atoms with E-state index in [-0.39, 0.29) is 24.7 Å². The van der Waals surface area contributed by atoms with Crippen molar-refractivity contribution in [3.8, 4) is 0 Å². The Morgan fingerprint density at radius 2 is 1.86 bits per heavy atom. The van der Waals surface area contributed by atoms with Crippen LogP contribution in [0.5, 0.6) is 0 Å². The Labute approximate surface area is 123 Å². The molecule has 0 bridgehead atoms. The summed E-state index contributed by atoms with van der Waals surface area (Å²) < 4.78 is 0. The van der Waals surface area contributed by atoms with Gasteiger partial charge in [0, 0.05) is 12.2 Å². The highest BCUT2D eigenvalue weighted by Crippen LogP contribution is 2.15. The van der Waals surface area contributed by atoms with Crippen LogP contribution in [0.4, 0.5) is 10.5 Å². The van der Waals surface area contributed by atoms with Gasteiger partial charge in [0.25, 0.3) is 0 Å². The number of carboxylic acids is 1. The van der Waals surface area contributed by atoms with Crippen molar-refractivity contribution in [1.29, 1.82) is 0 Å². The molecule has 0 aliphatic heterocycles. The summed E-state index contributed by atoms with van der Waals surface area (Å²) in [5.41, 5.74) is 0.692. The highest BCUT2D eigenvalue weighted by molar-refractivity contribution is 5.93. The van der Waals surface area contributed by atoms with Crippen molar-refractivity contribution in [2.24, 2.45) is 0 Å². The molecular weight excluding hydrogens is 274 g/mol. The number of amides is 2. The number of hydrogen-bond donors (Lipinski definition) is 4. The van der Waals surface area contributed by atoms with Crippen LogP contribution in [0.1, 0.15) is 16.8 Å². The van der Waals surface area contributed by atoms with E-state index in [1.165, 1.54) is 17.0 Å². The first-order chi connectivity index (χ1) is 10.1. The van der Waals surface area contributed by atoms with Gasteiger partial charge >= 0.3 is 12.0 Å². The fourth-order valence-corrected chi connectivity index (χ4v) is 1.79. The van der Waals surface area contributed by atoms with Gasteiger partial charge in [-0.2, -0.15) is 0 Å². The summed E-state index contributed by atoms with van der Waals surface area (Å²) >= 11 is 0. The number of urea groups is 1. The topological polar surface area (TPSA) is 102 Å². The van der Waals surface area contributed by atoms with E-state index in [4.69, 9.17) is 10.2 Å². The molecule has 0 aliphatic rings. The molecule has 1 rings (SSSR count). The van der Waals surface area contributed by atoms with Gasteiger partial charge in [-0.3, -0.25) is 4.90 Å². The molecule has 0 spiro atoms. The number of carbonyl (C=O) groups excluding carboxylic acids is 1. The first-order valence-electron chi connectivity index (χ1n) is 6.74. The van der Waals surface area contributed by atoms with Crippen LogP contribution in [0.15, 0.2) is 24.3 Å². The van der Waals surface area contributed by atoms with Crippen LogP contribution < -0.4 is 15.5 Å². The summed E-state index contributed by atoms with van der Waals surface area (Å²) in [5, 5.41) is 23.7. The summed E-state index contributed by atoms with van der Waals surface area (Å²) in [4.78, 5) is 24.3. The largest absolute Gasteiger partial charge is 0.478 e. The van der Waals surface area contributed by atoms with Crippen LogP contribution in [-0.4, -0.2) is 55.5 Å². The van der Waals surface area contributed by atoms with E-state index in [0.717, 1.165) is 13.0 Å². The van der Waals surface area contributed by atoms with Gasteiger partial charge in [-0.25, -0.2) is 9.59 Å². The molecule has 2 amide bonds. The van der Waals surface area contributed by atoms with E-state index in [2.05, 4.69) is 10.6 Å². The van der Waals surface area contributed by atoms with Crippen molar-refractivity contribution in [3.05, 3.63) is 29.8 Å². The maximum atomic E-state index is 12.1. The zero-order valence-electron chi connectivity index (χ0n) is 12.0. The number of anilines is 1. The minimum absolute atomic E-state index is 0.143. The lowest BCUT2D eigenvalue weighted by Gasteiger charge is -2.22. The van der Waals surface area contributed by atoms with Crippen LogP contribution in [0.2, 0.25) is 0 Å². The van der Waals surface area contributed by atoms with Crippen molar-refractivity contribution < 1.29 is 19.8 Å². The molecule has 1 aromatic rings. The number of nitrogens with zero attached hydrogens (tertiary/aromatic N) is 1. The van der Waals surface area contributed by atoms with Crippen LogP contribution in [-0.2, 0) is 0 Å². The van der Waals surface area contributed by atoms with Gasteiger partial charge in [-0.05, 0) is 44.3 Å². The predicted octanol–water partition coefficient (Wildman–Crippen LogP) is 0.503. The van der Waals surface area contributed by atoms with Crippen molar-refractivity contribution in [1.82, 2.24) is 10.6 Å². The average molecular weight is 295 g/mol. The normalized spacial score (nSPS) is 10.2. The Morgan fingerprint density at radius 1 is 1.19 bits per heavy atom. The van der Waals surface area contributed by atoms with Crippen molar-refractivity contribution >= 4 is 17.7 Å². The minimum atomic E-state index is -1.02. The molecule has 0 atom stereocenters. The Hall–Kier alpha value is -2.12. The maximum absolute atomic E-state index is 12.1. The highest BCUT2D eigenvalue weighted by Gasteiger charge is 2.15. The third kappa shape index (κ3) is 5.41. The first kappa shape index (κ1) is 16.9. The Balaban J connectivity index is 2.71. The van der Waals surface area contributed by atoms with Gasteiger partial charge in [0.1, 0.15) is 0 Å². The van der Waals surface area contributed by atoms with Crippen molar-refractivity contribution in [2.45, 2.75) is 6.42 Å². The molecule has 116 valence electrons. The Kier molecular flexibility index (Phi) is 7.20. The fraction of sp³-hybridized carbons (Fsp3) is 0.429. The molecule has 0 heterocycles. The second-order valence-electron chi connectivity index (χ2n) is 4.42. The third-order valence-corrected chi connectivity index (χ3v) is 2.87. The Bertz CT molecular complexity index is 462. The fourth-order valence-electron chi connectivity index (χ4n) is 1.79. The summed E-state index contributed by atoms with van der Waals surface area (Å²) in [6.07, 6.45) is 0.799. The number of aliphatic hydroxyl groups is 1. The molecule has 1 aromatic carbocycles. The van der Waals surface area contributed by atoms with Gasteiger partial charge in [0.15, 0.2) is 0 Å². The van der Waals surface area contributed by atoms with E-state index in [0.29, 0.717) is 12.2 Å². The molecule has 0 saturated carbocycles. The lowest BCUT2D eigenvalue weighted by atomic mass is 10.2. The van der Waals surface area contributed by atoms with Gasteiger partial charge in [-0.15, -0.1) is 0 Å². The average Bonchev–Trinajstić information content (AvgIpc) is 2.49. The lowest BCUT2D eigenvalue weighted by molar-refractivity contribution is 0.0697. The molecule has 4 N–H and O–H groups in total. The van der Waals surface area contributed by atoms with Crippen LogP contribution >= 0.6 is 0 Å². The summed E-state index contributed by atoms with van der Waals surface area (Å²) in [7, 11) is 1.84. The number of rotatable bonds is 8. The lowest BCUT2D eigenvalue weighted by Crippen LogP contribution is -2.42. The van der Waals surface area contributed by atoms with E-state index >= 15 is 0 Å². The number of aliphatic hydroxyl groups excluding tert-OH is 1. The SMILES string of the molecule is CNCCCNC(=O)N(CCO)c1ccc(C(=O)O)cc1. The van der Waals surface area contributed by atoms with Gasteiger partial charge in [-0.1, -0.05) is 0 Å². The molecule has 0 unspecified atom stereocenters. The molecule has 0 saturated heterocycles. The standard InChI is InChI=1S/C14H21N3O4/c1-15-7-2-8-16-14(21)17(9-10-18)12-5-3-11(4-6-12)13(19)20/h3-6,15,18H,2,7-10H2,1H3,(H,16,21)(H,19,20). The van der Waals surface area contributed by atoms with Gasteiger partial charge in [0.2, 0.25) is 0 Å². The van der Waals surface area contributed by atoms with E-state index in [9.17, 15) is 9.59 Å². The number of benzene rings is 1. The van der Waals surface area contributed by atoms with Gasteiger partial charge in [0.05, 0.1) is 18.7 Å². The molecule has 0 radical (unpaired) electrons. The Morgan fingerprint density at radius 3 is 2.38 bits per heavy atom. The minimum Gasteiger partial charge on any atom is -0.478 e. The van der Waals surface area contributed by atoms with E-state index in [1.54, 1.807) is 12.1 Å². The van der Waals surface area contributed by atoms with E-state index in [1.807, 2.05) is 7.05 Å². The number of carbonyl (C=O) groups is 2. The summed E-state index contributed by atoms with van der Waals surface area (Å²) in [6.45, 7) is 1.29. The molecule has 7 heteroatoms. The maximum Gasteiger partial charge on any atom is 0.335 e. The zero-order chi connectivity index (χ0) is 15.7. The second kappa shape index (κ2) is 8.93. The number of nitrogens with one attached hydrogen (secondary N) is 2. The van der Waals surface area contributed by atoms with Crippen LogP contribution in [0, 0.1) is 0 Å².